The number of amides is 1. The number of aromatic nitrogens is 3. The average molecular weight is 410 g/mol. The third-order valence-corrected chi connectivity index (χ3v) is 6.21. The predicted molar refractivity (Wildman–Crippen MR) is 119 cm³/mol. The predicted octanol–water partition coefficient (Wildman–Crippen LogP) is 5.42. The van der Waals surface area contributed by atoms with Crippen molar-refractivity contribution < 1.29 is 4.79 Å². The highest BCUT2D eigenvalue weighted by Gasteiger charge is 2.23. The maximum atomic E-state index is 12.8. The van der Waals surface area contributed by atoms with Gasteiger partial charge in [0.25, 0.3) is 5.91 Å². The summed E-state index contributed by atoms with van der Waals surface area (Å²) < 4.78 is 0.905. The molecule has 0 aliphatic heterocycles. The molecule has 7 heteroatoms. The van der Waals surface area contributed by atoms with Crippen LogP contribution in [0.2, 0.25) is 0 Å². The van der Waals surface area contributed by atoms with Crippen LogP contribution in [0.15, 0.2) is 29.9 Å². The van der Waals surface area contributed by atoms with Gasteiger partial charge in [-0.1, -0.05) is 32.3 Å². The monoisotopic (exact) mass is 409 g/mol. The summed E-state index contributed by atoms with van der Waals surface area (Å²) in [7, 11) is 0. The first kappa shape index (κ1) is 19.8. The number of carbonyl (C=O) groups is 1. The molecule has 1 amide bonds. The minimum absolute atomic E-state index is 0.198. The Kier molecular flexibility index (Phi) is 6.04. The van der Waals surface area contributed by atoms with Gasteiger partial charge in [-0.05, 0) is 43.7 Å². The zero-order valence-corrected chi connectivity index (χ0v) is 17.8. The van der Waals surface area contributed by atoms with Gasteiger partial charge in [0.15, 0.2) is 0 Å². The molecule has 1 fully saturated rings. The summed E-state index contributed by atoms with van der Waals surface area (Å²) in [6.45, 7) is 4.17. The highest BCUT2D eigenvalue weighted by molar-refractivity contribution is 7.17. The lowest BCUT2D eigenvalue weighted by atomic mass is 10.0. The van der Waals surface area contributed by atoms with Gasteiger partial charge < -0.3 is 10.6 Å². The van der Waals surface area contributed by atoms with E-state index in [1.807, 2.05) is 18.4 Å². The first-order chi connectivity index (χ1) is 14.1. The third kappa shape index (κ3) is 5.09. The second-order valence-electron chi connectivity index (χ2n) is 7.88. The van der Waals surface area contributed by atoms with E-state index in [2.05, 4.69) is 32.5 Å². The van der Waals surface area contributed by atoms with Crippen molar-refractivity contribution in [3.05, 3.63) is 41.0 Å². The SMILES string of the molecule is CCCC(CCC1CC1)Nc1ncc2scc(C(=O)Nc3ccc(C)cn3)c2n1. The van der Waals surface area contributed by atoms with Crippen LogP contribution in [0, 0.1) is 12.8 Å². The number of fused-ring (bicyclic) bond motifs is 1. The van der Waals surface area contributed by atoms with E-state index in [0.29, 0.717) is 28.9 Å². The Labute approximate surface area is 175 Å². The van der Waals surface area contributed by atoms with Gasteiger partial charge in [-0.15, -0.1) is 11.3 Å². The Morgan fingerprint density at radius 3 is 2.83 bits per heavy atom. The molecule has 0 spiro atoms. The summed E-state index contributed by atoms with van der Waals surface area (Å²) in [5.74, 6) is 1.86. The molecule has 0 radical (unpaired) electrons. The first-order valence-corrected chi connectivity index (χ1v) is 11.2. The lowest BCUT2D eigenvalue weighted by Gasteiger charge is -2.18. The highest BCUT2D eigenvalue weighted by atomic mass is 32.1. The number of anilines is 2. The van der Waals surface area contributed by atoms with Crippen LogP contribution in [0.1, 0.15) is 61.4 Å². The van der Waals surface area contributed by atoms with E-state index in [1.165, 1.54) is 30.6 Å². The van der Waals surface area contributed by atoms with E-state index in [1.54, 1.807) is 18.5 Å². The number of pyridine rings is 1. The Balaban J connectivity index is 1.50. The van der Waals surface area contributed by atoms with Crippen molar-refractivity contribution in [3.63, 3.8) is 0 Å². The maximum absolute atomic E-state index is 12.8. The van der Waals surface area contributed by atoms with E-state index in [9.17, 15) is 4.79 Å². The Morgan fingerprint density at radius 2 is 2.10 bits per heavy atom. The van der Waals surface area contributed by atoms with Crippen LogP contribution in [-0.4, -0.2) is 26.9 Å². The van der Waals surface area contributed by atoms with Crippen molar-refractivity contribution in [1.29, 1.82) is 0 Å². The van der Waals surface area contributed by atoms with Crippen molar-refractivity contribution in [3.8, 4) is 0 Å². The quantitative estimate of drug-likeness (QED) is 0.493. The van der Waals surface area contributed by atoms with Crippen LogP contribution in [-0.2, 0) is 0 Å². The summed E-state index contributed by atoms with van der Waals surface area (Å²) in [6.07, 6.45) is 11.0. The van der Waals surface area contributed by atoms with Crippen molar-refractivity contribution >= 4 is 39.2 Å². The molecule has 3 heterocycles. The minimum Gasteiger partial charge on any atom is -0.351 e. The highest BCUT2D eigenvalue weighted by Crippen LogP contribution is 2.34. The Morgan fingerprint density at radius 1 is 1.24 bits per heavy atom. The molecule has 1 aliphatic carbocycles. The fraction of sp³-hybridized carbons (Fsp3) is 0.455. The van der Waals surface area contributed by atoms with E-state index in [-0.39, 0.29) is 5.91 Å². The molecule has 0 saturated heterocycles. The summed E-state index contributed by atoms with van der Waals surface area (Å²) in [5, 5.41) is 8.20. The van der Waals surface area contributed by atoms with Crippen molar-refractivity contribution in [2.24, 2.45) is 5.92 Å². The topological polar surface area (TPSA) is 79.8 Å². The van der Waals surface area contributed by atoms with Gasteiger partial charge in [0.1, 0.15) is 5.82 Å². The second kappa shape index (κ2) is 8.86. The molecule has 3 aromatic heterocycles. The fourth-order valence-electron chi connectivity index (χ4n) is 3.45. The van der Waals surface area contributed by atoms with Gasteiger partial charge in [0.2, 0.25) is 5.95 Å². The molecule has 6 nitrogen and oxygen atoms in total. The molecule has 1 atom stereocenters. The van der Waals surface area contributed by atoms with Gasteiger partial charge in [-0.2, -0.15) is 0 Å². The molecule has 2 N–H and O–H groups in total. The van der Waals surface area contributed by atoms with Crippen LogP contribution < -0.4 is 10.6 Å². The molecular weight excluding hydrogens is 382 g/mol. The zero-order valence-electron chi connectivity index (χ0n) is 16.9. The molecule has 1 aliphatic rings. The molecular formula is C22H27N5OS. The van der Waals surface area contributed by atoms with Crippen LogP contribution in [0.25, 0.3) is 10.2 Å². The number of carbonyl (C=O) groups excluding carboxylic acids is 1. The molecule has 152 valence electrons. The van der Waals surface area contributed by atoms with Crippen molar-refractivity contribution in [1.82, 2.24) is 15.0 Å². The molecule has 29 heavy (non-hydrogen) atoms. The number of nitrogens with one attached hydrogen (secondary N) is 2. The number of rotatable bonds is 9. The normalized spacial score (nSPS) is 14.7. The van der Waals surface area contributed by atoms with Crippen molar-refractivity contribution in [2.75, 3.05) is 10.6 Å². The van der Waals surface area contributed by atoms with Gasteiger partial charge in [-0.25, -0.2) is 15.0 Å². The van der Waals surface area contributed by atoms with Crippen LogP contribution in [0.3, 0.4) is 0 Å². The zero-order chi connectivity index (χ0) is 20.2. The Bertz CT molecular complexity index is 981. The summed E-state index contributed by atoms with van der Waals surface area (Å²) in [5.41, 5.74) is 2.30. The average Bonchev–Trinajstić information content (AvgIpc) is 3.45. The second-order valence-corrected chi connectivity index (χ2v) is 8.79. The number of thiophene rings is 1. The van der Waals surface area contributed by atoms with E-state index in [0.717, 1.165) is 35.4 Å². The number of nitrogens with zero attached hydrogens (tertiary/aromatic N) is 3. The summed E-state index contributed by atoms with van der Waals surface area (Å²) in [6, 6.07) is 4.11. The third-order valence-electron chi connectivity index (χ3n) is 5.30. The van der Waals surface area contributed by atoms with E-state index >= 15 is 0 Å². The van der Waals surface area contributed by atoms with Crippen LogP contribution >= 0.6 is 11.3 Å². The lowest BCUT2D eigenvalue weighted by molar-refractivity contribution is 0.102. The summed E-state index contributed by atoms with van der Waals surface area (Å²) in [4.78, 5) is 26.2. The van der Waals surface area contributed by atoms with Crippen LogP contribution in [0.5, 0.6) is 0 Å². The summed E-state index contributed by atoms with van der Waals surface area (Å²) >= 11 is 1.48. The van der Waals surface area contributed by atoms with Gasteiger partial charge >= 0.3 is 0 Å². The number of aryl methyl sites for hydroxylation is 1. The van der Waals surface area contributed by atoms with E-state index < -0.39 is 0 Å². The minimum atomic E-state index is -0.198. The fourth-order valence-corrected chi connectivity index (χ4v) is 4.29. The smallest absolute Gasteiger partial charge is 0.259 e. The van der Waals surface area contributed by atoms with Gasteiger partial charge in [0, 0.05) is 17.6 Å². The largest absolute Gasteiger partial charge is 0.351 e. The van der Waals surface area contributed by atoms with Crippen LogP contribution in [0.4, 0.5) is 11.8 Å². The Hall–Kier alpha value is -2.54. The molecule has 4 rings (SSSR count). The molecule has 3 aromatic rings. The van der Waals surface area contributed by atoms with E-state index in [4.69, 9.17) is 0 Å². The number of hydrogen-bond donors (Lipinski definition) is 2. The number of hydrogen-bond acceptors (Lipinski definition) is 6. The van der Waals surface area contributed by atoms with Gasteiger partial charge in [0.05, 0.1) is 22.0 Å². The first-order valence-electron chi connectivity index (χ1n) is 10.4. The molecule has 1 saturated carbocycles. The maximum Gasteiger partial charge on any atom is 0.259 e. The molecule has 1 unspecified atom stereocenters. The van der Waals surface area contributed by atoms with Gasteiger partial charge in [-0.3, -0.25) is 4.79 Å². The van der Waals surface area contributed by atoms with Crippen molar-refractivity contribution in [2.45, 2.75) is 58.4 Å². The molecule has 0 bridgehead atoms. The standard InChI is InChI=1S/C22H27N5OS/c1-3-4-16(9-8-15-6-7-15)25-22-24-12-18-20(27-22)17(13-29-18)21(28)26-19-10-5-14(2)11-23-19/h5,10-13,15-16H,3-4,6-9H2,1-2H3,(H,23,26,28)(H,24,25,27). The lowest BCUT2D eigenvalue weighted by Crippen LogP contribution is -2.21. The molecule has 0 aromatic carbocycles.